The molecule has 0 saturated carbocycles. The number of Topliss-reactive ketones (excluding diaryl/α,β-unsaturated/α-hetero) is 1. The third-order valence-corrected chi connectivity index (χ3v) is 2.27. The minimum atomic E-state index is -0.153. The summed E-state index contributed by atoms with van der Waals surface area (Å²) in [7, 11) is 0. The van der Waals surface area contributed by atoms with Crippen LogP contribution in [-0.2, 0) is 0 Å². The zero-order chi connectivity index (χ0) is 11.0. The van der Waals surface area contributed by atoms with Crippen molar-refractivity contribution in [1.82, 2.24) is 9.97 Å². The van der Waals surface area contributed by atoms with Gasteiger partial charge < -0.3 is 4.98 Å². The van der Waals surface area contributed by atoms with Gasteiger partial charge in [0.25, 0.3) is 0 Å². The van der Waals surface area contributed by atoms with Crippen molar-refractivity contribution in [2.75, 3.05) is 0 Å². The Balaban J connectivity index is 2.86. The quantitative estimate of drug-likeness (QED) is 0.597. The van der Waals surface area contributed by atoms with Crippen molar-refractivity contribution in [3.8, 4) is 0 Å². The fourth-order valence-electron chi connectivity index (χ4n) is 1.64. The van der Waals surface area contributed by atoms with E-state index in [0.29, 0.717) is 23.1 Å². The molecular formula is C11H10N2O2. The standard InChI is InChI=1S/C11H10N2O2/c1-6-3-8-11(12-4-6)10(7(2)15)9(5-14)13-8/h3-5,13H,1-2H3. The van der Waals surface area contributed by atoms with Crippen LogP contribution >= 0.6 is 0 Å². The highest BCUT2D eigenvalue weighted by molar-refractivity contribution is 6.10. The molecule has 2 heterocycles. The number of nitrogens with zero attached hydrogens (tertiary/aromatic N) is 1. The van der Waals surface area contributed by atoms with Gasteiger partial charge in [0.15, 0.2) is 12.1 Å². The highest BCUT2D eigenvalue weighted by atomic mass is 16.1. The van der Waals surface area contributed by atoms with Crippen LogP contribution in [0.15, 0.2) is 12.3 Å². The van der Waals surface area contributed by atoms with Crippen molar-refractivity contribution in [3.63, 3.8) is 0 Å². The lowest BCUT2D eigenvalue weighted by Gasteiger charge is -1.94. The van der Waals surface area contributed by atoms with Gasteiger partial charge >= 0.3 is 0 Å². The summed E-state index contributed by atoms with van der Waals surface area (Å²) in [5.74, 6) is -0.153. The highest BCUT2D eigenvalue weighted by Gasteiger charge is 2.15. The number of carbonyl (C=O) groups is 2. The van der Waals surface area contributed by atoms with E-state index >= 15 is 0 Å². The monoisotopic (exact) mass is 202 g/mol. The number of carbonyl (C=O) groups excluding carboxylic acids is 2. The van der Waals surface area contributed by atoms with Crippen molar-refractivity contribution < 1.29 is 9.59 Å². The normalized spacial score (nSPS) is 10.5. The Kier molecular flexibility index (Phi) is 2.11. The topological polar surface area (TPSA) is 62.8 Å². The molecule has 0 amide bonds. The molecule has 0 fully saturated rings. The Bertz CT molecular complexity index is 555. The number of hydrogen-bond acceptors (Lipinski definition) is 3. The maximum Gasteiger partial charge on any atom is 0.167 e. The second-order valence-electron chi connectivity index (χ2n) is 3.50. The van der Waals surface area contributed by atoms with Crippen LogP contribution in [0.2, 0.25) is 0 Å². The fraction of sp³-hybridized carbons (Fsp3) is 0.182. The van der Waals surface area contributed by atoms with Crippen LogP contribution in [0, 0.1) is 6.92 Å². The Labute approximate surface area is 86.3 Å². The van der Waals surface area contributed by atoms with Crippen LogP contribution in [0.25, 0.3) is 11.0 Å². The van der Waals surface area contributed by atoms with Gasteiger partial charge in [0.05, 0.1) is 22.3 Å². The number of aromatic amines is 1. The summed E-state index contributed by atoms with van der Waals surface area (Å²) in [4.78, 5) is 29.2. The number of rotatable bonds is 2. The molecule has 15 heavy (non-hydrogen) atoms. The Hall–Kier alpha value is -1.97. The lowest BCUT2D eigenvalue weighted by atomic mass is 10.1. The van der Waals surface area contributed by atoms with Gasteiger partial charge in [-0.2, -0.15) is 0 Å². The molecule has 2 aromatic heterocycles. The third kappa shape index (κ3) is 1.44. The molecule has 0 saturated heterocycles. The summed E-state index contributed by atoms with van der Waals surface area (Å²) in [6.45, 7) is 3.33. The molecular weight excluding hydrogens is 192 g/mol. The third-order valence-electron chi connectivity index (χ3n) is 2.27. The predicted molar refractivity (Wildman–Crippen MR) is 56.2 cm³/mol. The van der Waals surface area contributed by atoms with Crippen LogP contribution < -0.4 is 0 Å². The van der Waals surface area contributed by atoms with E-state index in [-0.39, 0.29) is 5.78 Å². The van der Waals surface area contributed by atoms with Gasteiger partial charge in [-0.15, -0.1) is 0 Å². The summed E-state index contributed by atoms with van der Waals surface area (Å²) in [5.41, 5.74) is 2.95. The first kappa shape index (κ1) is 9.58. The minimum absolute atomic E-state index is 0.153. The maximum absolute atomic E-state index is 11.4. The minimum Gasteiger partial charge on any atom is -0.350 e. The van der Waals surface area contributed by atoms with E-state index in [4.69, 9.17) is 0 Å². The van der Waals surface area contributed by atoms with E-state index in [1.165, 1.54) is 6.92 Å². The molecule has 4 nitrogen and oxygen atoms in total. The van der Waals surface area contributed by atoms with Gasteiger partial charge in [-0.25, -0.2) is 0 Å². The lowest BCUT2D eigenvalue weighted by molar-refractivity contribution is 0.101. The van der Waals surface area contributed by atoms with E-state index in [1.54, 1.807) is 6.20 Å². The van der Waals surface area contributed by atoms with Crippen LogP contribution in [0.1, 0.15) is 33.3 Å². The molecule has 0 bridgehead atoms. The van der Waals surface area contributed by atoms with Crippen LogP contribution in [0.3, 0.4) is 0 Å². The van der Waals surface area contributed by atoms with E-state index in [9.17, 15) is 9.59 Å². The molecule has 0 radical (unpaired) electrons. The van der Waals surface area contributed by atoms with Crippen molar-refractivity contribution in [1.29, 1.82) is 0 Å². The molecule has 0 atom stereocenters. The van der Waals surface area contributed by atoms with Gasteiger partial charge in [0.1, 0.15) is 0 Å². The SMILES string of the molecule is CC(=O)c1c(C=O)[nH]c2cc(C)cnc12. The molecule has 76 valence electrons. The van der Waals surface area contributed by atoms with Crippen molar-refractivity contribution in [2.24, 2.45) is 0 Å². The number of fused-ring (bicyclic) bond motifs is 1. The molecule has 1 N–H and O–H groups in total. The summed E-state index contributed by atoms with van der Waals surface area (Å²) < 4.78 is 0. The van der Waals surface area contributed by atoms with Crippen LogP contribution in [0.4, 0.5) is 0 Å². The van der Waals surface area contributed by atoms with Crippen molar-refractivity contribution in [3.05, 3.63) is 29.1 Å². The largest absolute Gasteiger partial charge is 0.350 e. The molecule has 2 aromatic rings. The zero-order valence-corrected chi connectivity index (χ0v) is 8.50. The molecule has 0 aliphatic carbocycles. The number of aldehydes is 1. The van der Waals surface area contributed by atoms with E-state index in [1.807, 2.05) is 13.0 Å². The summed E-state index contributed by atoms with van der Waals surface area (Å²) in [6.07, 6.45) is 2.32. The number of aryl methyl sites for hydroxylation is 1. The van der Waals surface area contributed by atoms with Crippen molar-refractivity contribution >= 4 is 23.1 Å². The summed E-state index contributed by atoms with van der Waals surface area (Å²) >= 11 is 0. The van der Waals surface area contributed by atoms with Crippen LogP contribution in [-0.4, -0.2) is 22.0 Å². The average Bonchev–Trinajstić information content (AvgIpc) is 2.54. The number of pyridine rings is 1. The van der Waals surface area contributed by atoms with Gasteiger partial charge in [-0.05, 0) is 25.5 Å². The number of hydrogen-bond donors (Lipinski definition) is 1. The number of H-pyrrole nitrogens is 1. The van der Waals surface area contributed by atoms with E-state index in [0.717, 1.165) is 11.1 Å². The first-order valence-corrected chi connectivity index (χ1v) is 4.58. The molecule has 0 aliphatic rings. The van der Waals surface area contributed by atoms with Gasteiger partial charge in [-0.3, -0.25) is 14.6 Å². The fourth-order valence-corrected chi connectivity index (χ4v) is 1.64. The molecule has 0 spiro atoms. The number of nitrogens with one attached hydrogen (secondary N) is 1. The Morgan fingerprint density at radius 1 is 1.53 bits per heavy atom. The lowest BCUT2D eigenvalue weighted by Crippen LogP contribution is -1.96. The smallest absolute Gasteiger partial charge is 0.167 e. The van der Waals surface area contributed by atoms with E-state index < -0.39 is 0 Å². The van der Waals surface area contributed by atoms with Crippen LogP contribution in [0.5, 0.6) is 0 Å². The van der Waals surface area contributed by atoms with Gasteiger partial charge in [0, 0.05) is 6.20 Å². The molecule has 0 aliphatic heterocycles. The summed E-state index contributed by atoms with van der Waals surface area (Å²) in [5, 5.41) is 0. The van der Waals surface area contributed by atoms with Crippen molar-refractivity contribution in [2.45, 2.75) is 13.8 Å². The first-order valence-electron chi connectivity index (χ1n) is 4.58. The molecule has 0 aromatic carbocycles. The average molecular weight is 202 g/mol. The van der Waals surface area contributed by atoms with E-state index in [2.05, 4.69) is 9.97 Å². The highest BCUT2D eigenvalue weighted by Crippen LogP contribution is 2.20. The summed E-state index contributed by atoms with van der Waals surface area (Å²) in [6, 6.07) is 1.86. The Morgan fingerprint density at radius 3 is 2.87 bits per heavy atom. The number of aromatic nitrogens is 2. The molecule has 2 rings (SSSR count). The number of ketones is 1. The maximum atomic E-state index is 11.4. The second kappa shape index (κ2) is 3.31. The molecule has 4 heteroatoms. The van der Waals surface area contributed by atoms with Gasteiger partial charge in [0.2, 0.25) is 0 Å². The molecule has 0 unspecified atom stereocenters. The Morgan fingerprint density at radius 2 is 2.27 bits per heavy atom. The zero-order valence-electron chi connectivity index (χ0n) is 8.50. The predicted octanol–water partition coefficient (Wildman–Crippen LogP) is 1.89. The van der Waals surface area contributed by atoms with Gasteiger partial charge in [-0.1, -0.05) is 0 Å². The second-order valence-corrected chi connectivity index (χ2v) is 3.50. The first-order chi connectivity index (χ1) is 7.13.